The highest BCUT2D eigenvalue weighted by molar-refractivity contribution is 7.81. The van der Waals surface area contributed by atoms with Crippen LogP contribution in [-0.2, 0) is 19.4 Å². The van der Waals surface area contributed by atoms with E-state index >= 15 is 0 Å². The van der Waals surface area contributed by atoms with Gasteiger partial charge in [-0.15, -0.1) is 0 Å². The zero-order valence-electron chi connectivity index (χ0n) is 13.6. The van der Waals surface area contributed by atoms with Crippen LogP contribution in [0.2, 0.25) is 0 Å². The Morgan fingerprint density at radius 2 is 1.41 bits per heavy atom. The van der Waals surface area contributed by atoms with Gasteiger partial charge in [0.15, 0.2) is 0 Å². The third-order valence-electron chi connectivity index (χ3n) is 3.34. The molecule has 5 nitrogen and oxygen atoms in total. The van der Waals surface area contributed by atoms with E-state index in [1.54, 1.807) is 0 Å². The summed E-state index contributed by atoms with van der Waals surface area (Å²) in [5, 5.41) is 0. The fourth-order valence-corrected chi connectivity index (χ4v) is 2.46. The Morgan fingerprint density at radius 3 is 1.95 bits per heavy atom. The molecule has 0 rings (SSSR count). The molecule has 0 aromatic heterocycles. The van der Waals surface area contributed by atoms with Gasteiger partial charge < -0.3 is 4.18 Å². The standard InChI is InChI=1S/C16H30O5S/c1-2-3-4-5-6-7-8-9-10-11-12-13-14-15-16(17)21-22(18,19)20/h7-8H,2-6,9-15H2,1H3,(H,18,19,20)/b8-7-. The molecule has 0 aliphatic rings. The van der Waals surface area contributed by atoms with Crippen molar-refractivity contribution in [1.29, 1.82) is 0 Å². The molecule has 0 amide bonds. The molecular weight excluding hydrogens is 304 g/mol. The molecule has 0 aromatic carbocycles. The van der Waals surface area contributed by atoms with E-state index < -0.39 is 16.4 Å². The van der Waals surface area contributed by atoms with Gasteiger partial charge in [-0.05, 0) is 32.1 Å². The summed E-state index contributed by atoms with van der Waals surface area (Å²) in [5.41, 5.74) is 0. The van der Waals surface area contributed by atoms with Crippen molar-refractivity contribution in [3.63, 3.8) is 0 Å². The number of hydrogen-bond acceptors (Lipinski definition) is 4. The molecule has 1 N–H and O–H groups in total. The van der Waals surface area contributed by atoms with Gasteiger partial charge in [0.1, 0.15) is 0 Å². The summed E-state index contributed by atoms with van der Waals surface area (Å²) in [7, 11) is -4.65. The lowest BCUT2D eigenvalue weighted by Gasteiger charge is -2.01. The predicted molar refractivity (Wildman–Crippen MR) is 87.9 cm³/mol. The molecule has 0 radical (unpaired) electrons. The van der Waals surface area contributed by atoms with Crippen LogP contribution in [-0.4, -0.2) is 18.9 Å². The molecule has 0 heterocycles. The lowest BCUT2D eigenvalue weighted by atomic mass is 10.1. The fourth-order valence-electron chi connectivity index (χ4n) is 2.15. The highest BCUT2D eigenvalue weighted by Gasteiger charge is 2.12. The fraction of sp³-hybridized carbons (Fsp3) is 0.812. The maximum absolute atomic E-state index is 11.0. The molecule has 0 spiro atoms. The van der Waals surface area contributed by atoms with Gasteiger partial charge >= 0.3 is 16.4 Å². The highest BCUT2D eigenvalue weighted by atomic mass is 32.3. The van der Waals surface area contributed by atoms with E-state index in [2.05, 4.69) is 23.3 Å². The Kier molecular flexibility index (Phi) is 13.2. The molecule has 0 saturated heterocycles. The molecule has 6 heteroatoms. The van der Waals surface area contributed by atoms with Gasteiger partial charge in [-0.2, -0.15) is 8.42 Å². The summed E-state index contributed by atoms with van der Waals surface area (Å²) in [5.74, 6) is -0.895. The first-order valence-corrected chi connectivity index (χ1v) is 9.67. The summed E-state index contributed by atoms with van der Waals surface area (Å²) in [6.07, 6.45) is 16.7. The summed E-state index contributed by atoms with van der Waals surface area (Å²) < 4.78 is 32.7. The Morgan fingerprint density at radius 1 is 0.909 bits per heavy atom. The Labute approximate surface area is 135 Å². The van der Waals surface area contributed by atoms with Crippen molar-refractivity contribution in [2.45, 2.75) is 84.0 Å². The van der Waals surface area contributed by atoms with Gasteiger partial charge in [-0.1, -0.05) is 57.6 Å². The molecular formula is C16H30O5S. The summed E-state index contributed by atoms with van der Waals surface area (Å²) >= 11 is 0. The van der Waals surface area contributed by atoms with Crippen LogP contribution in [0.25, 0.3) is 0 Å². The molecule has 0 saturated carbocycles. The normalized spacial score (nSPS) is 11.9. The van der Waals surface area contributed by atoms with Crippen molar-refractivity contribution in [2.75, 3.05) is 0 Å². The zero-order valence-corrected chi connectivity index (χ0v) is 14.4. The van der Waals surface area contributed by atoms with E-state index in [0.717, 1.165) is 32.1 Å². The smallest absolute Gasteiger partial charge is 0.325 e. The van der Waals surface area contributed by atoms with E-state index in [9.17, 15) is 13.2 Å². The highest BCUT2D eigenvalue weighted by Crippen LogP contribution is 2.09. The third-order valence-corrected chi connectivity index (χ3v) is 3.74. The van der Waals surface area contributed by atoms with E-state index in [0.29, 0.717) is 6.42 Å². The van der Waals surface area contributed by atoms with Gasteiger partial charge in [0, 0.05) is 6.42 Å². The van der Waals surface area contributed by atoms with Crippen molar-refractivity contribution in [3.8, 4) is 0 Å². The van der Waals surface area contributed by atoms with E-state index in [-0.39, 0.29) is 6.42 Å². The molecule has 22 heavy (non-hydrogen) atoms. The van der Waals surface area contributed by atoms with Crippen LogP contribution in [0.1, 0.15) is 84.0 Å². The zero-order chi connectivity index (χ0) is 16.7. The SMILES string of the molecule is CCCCCC/C=C\CCCCCCCC(=O)OS(=O)(=O)O. The Hall–Kier alpha value is -0.880. The quantitative estimate of drug-likeness (QED) is 0.285. The molecule has 0 unspecified atom stereocenters. The second-order valence-corrected chi connectivity index (χ2v) is 6.53. The van der Waals surface area contributed by atoms with Crippen LogP contribution in [0.15, 0.2) is 12.2 Å². The predicted octanol–water partition coefficient (Wildman–Crippen LogP) is 4.59. The Bertz CT molecular complexity index is 401. The number of unbranched alkanes of at least 4 members (excludes halogenated alkanes) is 9. The first-order valence-electron chi connectivity index (χ1n) is 8.30. The van der Waals surface area contributed by atoms with E-state index in [4.69, 9.17) is 4.55 Å². The van der Waals surface area contributed by atoms with Gasteiger partial charge in [-0.25, -0.2) is 0 Å². The second-order valence-electron chi connectivity index (χ2n) is 5.51. The van der Waals surface area contributed by atoms with Gasteiger partial charge in [0.05, 0.1) is 0 Å². The average Bonchev–Trinajstić information content (AvgIpc) is 2.42. The van der Waals surface area contributed by atoms with Crippen LogP contribution in [0.4, 0.5) is 0 Å². The first kappa shape index (κ1) is 21.1. The lowest BCUT2D eigenvalue weighted by Crippen LogP contribution is -2.11. The number of carbonyl (C=O) groups is 1. The van der Waals surface area contributed by atoms with E-state index in [1.807, 2.05) is 0 Å². The number of hydrogen-bond donors (Lipinski definition) is 1. The van der Waals surface area contributed by atoms with E-state index in [1.165, 1.54) is 32.1 Å². The van der Waals surface area contributed by atoms with Gasteiger partial charge in [0.25, 0.3) is 0 Å². The number of rotatable bonds is 14. The molecule has 0 fully saturated rings. The largest absolute Gasteiger partial charge is 0.448 e. The molecule has 0 aliphatic heterocycles. The molecule has 0 bridgehead atoms. The average molecular weight is 334 g/mol. The minimum atomic E-state index is -4.65. The maximum Gasteiger partial charge on any atom is 0.448 e. The summed E-state index contributed by atoms with van der Waals surface area (Å²) in [4.78, 5) is 11.0. The first-order chi connectivity index (χ1) is 10.5. The third kappa shape index (κ3) is 17.2. The van der Waals surface area contributed by atoms with Gasteiger partial charge in [0.2, 0.25) is 0 Å². The minimum Gasteiger partial charge on any atom is -0.325 e. The van der Waals surface area contributed by atoms with Crippen molar-refractivity contribution >= 4 is 16.4 Å². The Balaban J connectivity index is 3.30. The van der Waals surface area contributed by atoms with Crippen molar-refractivity contribution in [2.24, 2.45) is 0 Å². The topological polar surface area (TPSA) is 80.7 Å². The monoisotopic (exact) mass is 334 g/mol. The second kappa shape index (κ2) is 13.8. The maximum atomic E-state index is 11.0. The molecule has 130 valence electrons. The summed E-state index contributed by atoms with van der Waals surface area (Å²) in [6.45, 7) is 2.22. The van der Waals surface area contributed by atoms with Crippen LogP contribution in [0.5, 0.6) is 0 Å². The van der Waals surface area contributed by atoms with Crippen LogP contribution < -0.4 is 0 Å². The van der Waals surface area contributed by atoms with Gasteiger partial charge in [-0.3, -0.25) is 9.35 Å². The van der Waals surface area contributed by atoms with Crippen molar-refractivity contribution in [1.82, 2.24) is 0 Å². The van der Waals surface area contributed by atoms with Crippen molar-refractivity contribution < 1.29 is 21.9 Å². The van der Waals surface area contributed by atoms with Crippen LogP contribution >= 0.6 is 0 Å². The summed E-state index contributed by atoms with van der Waals surface area (Å²) in [6, 6.07) is 0. The van der Waals surface area contributed by atoms with Crippen molar-refractivity contribution in [3.05, 3.63) is 12.2 Å². The lowest BCUT2D eigenvalue weighted by molar-refractivity contribution is -0.134. The molecule has 0 aliphatic carbocycles. The molecule has 0 aromatic rings. The molecule has 0 atom stereocenters. The minimum absolute atomic E-state index is 0.0253. The number of carbonyl (C=O) groups excluding carboxylic acids is 1. The number of allylic oxidation sites excluding steroid dienone is 2. The van der Waals surface area contributed by atoms with Crippen LogP contribution in [0.3, 0.4) is 0 Å². The van der Waals surface area contributed by atoms with Crippen LogP contribution in [0, 0.1) is 0 Å².